The molecule has 0 radical (unpaired) electrons. The summed E-state index contributed by atoms with van der Waals surface area (Å²) < 4.78 is 11.2. The van der Waals surface area contributed by atoms with Crippen molar-refractivity contribution in [3.63, 3.8) is 0 Å². The lowest BCUT2D eigenvalue weighted by Crippen LogP contribution is -2.16. The minimum absolute atomic E-state index is 0.288. The predicted molar refractivity (Wildman–Crippen MR) is 75.5 cm³/mol. The molecule has 0 bridgehead atoms. The summed E-state index contributed by atoms with van der Waals surface area (Å²) in [7, 11) is 0. The van der Waals surface area contributed by atoms with Crippen molar-refractivity contribution in [2.75, 3.05) is 13.4 Å². The van der Waals surface area contributed by atoms with Gasteiger partial charge in [-0.2, -0.15) is 0 Å². The van der Waals surface area contributed by atoms with Crippen molar-refractivity contribution in [2.45, 2.75) is 38.3 Å². The van der Waals surface area contributed by atoms with Crippen LogP contribution in [0.2, 0.25) is 5.02 Å². The molecule has 19 heavy (non-hydrogen) atoms. The summed E-state index contributed by atoms with van der Waals surface area (Å²) in [6, 6.07) is 6.55. The molecule has 2 aliphatic rings. The van der Waals surface area contributed by atoms with Gasteiger partial charge in [0.25, 0.3) is 0 Å². The van der Waals surface area contributed by atoms with Crippen molar-refractivity contribution in [1.29, 1.82) is 0 Å². The molecule has 3 rings (SSSR count). The van der Waals surface area contributed by atoms with Crippen LogP contribution in [0.25, 0.3) is 0 Å². The van der Waals surface area contributed by atoms with E-state index in [4.69, 9.17) is 21.1 Å². The third kappa shape index (κ3) is 4.10. The van der Waals surface area contributed by atoms with Crippen LogP contribution in [0.1, 0.15) is 31.2 Å². The van der Waals surface area contributed by atoms with E-state index in [0.717, 1.165) is 30.4 Å². The monoisotopic (exact) mass is 281 g/mol. The number of rotatable bonds is 8. The van der Waals surface area contributed by atoms with Gasteiger partial charge in [0.15, 0.2) is 6.79 Å². The van der Waals surface area contributed by atoms with Crippen LogP contribution in [0.4, 0.5) is 0 Å². The van der Waals surface area contributed by atoms with Gasteiger partial charge in [-0.15, -0.1) is 0 Å². The number of hydrogen-bond acceptors (Lipinski definition) is 3. The molecule has 2 fully saturated rings. The molecule has 1 aromatic carbocycles. The zero-order chi connectivity index (χ0) is 13.1. The second-order valence-corrected chi connectivity index (χ2v) is 5.87. The average molecular weight is 282 g/mol. The standard InChI is InChI=1S/C15H20ClNO2/c16-14-3-1-2-12(8-17-13-6-7-13)15(14)19-10-18-9-11-4-5-11/h1-3,11,13,17H,4-10H2. The normalized spacial score (nSPS) is 18.6. The van der Waals surface area contributed by atoms with Gasteiger partial charge in [-0.1, -0.05) is 23.7 Å². The molecule has 0 heterocycles. The lowest BCUT2D eigenvalue weighted by molar-refractivity contribution is 0.00947. The fourth-order valence-corrected chi connectivity index (χ4v) is 2.24. The van der Waals surface area contributed by atoms with Gasteiger partial charge >= 0.3 is 0 Å². The SMILES string of the molecule is Clc1cccc(CNC2CC2)c1OCOCC1CC1. The third-order valence-corrected chi connectivity index (χ3v) is 3.84. The average Bonchev–Trinajstić information content (AvgIpc) is 3.27. The molecule has 0 aliphatic heterocycles. The van der Waals surface area contributed by atoms with Crippen molar-refractivity contribution < 1.29 is 9.47 Å². The first kappa shape index (κ1) is 13.2. The number of nitrogens with one attached hydrogen (secondary N) is 1. The predicted octanol–water partition coefficient (Wildman–Crippen LogP) is 3.35. The minimum atomic E-state index is 0.288. The number of benzene rings is 1. The summed E-state index contributed by atoms with van der Waals surface area (Å²) >= 11 is 6.21. The molecule has 0 saturated heterocycles. The first-order chi connectivity index (χ1) is 9.33. The molecule has 1 aromatic rings. The molecule has 1 N–H and O–H groups in total. The topological polar surface area (TPSA) is 30.5 Å². The minimum Gasteiger partial charge on any atom is -0.466 e. The Labute approximate surface area is 119 Å². The second-order valence-electron chi connectivity index (χ2n) is 5.46. The lowest BCUT2D eigenvalue weighted by Gasteiger charge is -2.13. The van der Waals surface area contributed by atoms with Crippen LogP contribution in [0, 0.1) is 5.92 Å². The summed E-state index contributed by atoms with van der Waals surface area (Å²) in [6.45, 7) is 1.90. The second kappa shape index (κ2) is 6.12. The van der Waals surface area contributed by atoms with Crippen LogP contribution in [0.5, 0.6) is 5.75 Å². The highest BCUT2D eigenvalue weighted by molar-refractivity contribution is 6.32. The Balaban J connectivity index is 1.53. The van der Waals surface area contributed by atoms with Crippen molar-refractivity contribution in [1.82, 2.24) is 5.32 Å². The molecular weight excluding hydrogens is 262 g/mol. The summed E-state index contributed by atoms with van der Waals surface area (Å²) in [5.41, 5.74) is 1.11. The zero-order valence-corrected chi connectivity index (χ0v) is 11.8. The van der Waals surface area contributed by atoms with E-state index in [0.29, 0.717) is 11.1 Å². The maximum Gasteiger partial charge on any atom is 0.189 e. The molecule has 0 spiro atoms. The Hall–Kier alpha value is -0.770. The van der Waals surface area contributed by atoms with Crippen LogP contribution >= 0.6 is 11.6 Å². The van der Waals surface area contributed by atoms with E-state index >= 15 is 0 Å². The molecule has 0 aromatic heterocycles. The van der Waals surface area contributed by atoms with E-state index in [9.17, 15) is 0 Å². The van der Waals surface area contributed by atoms with E-state index in [-0.39, 0.29) is 6.79 Å². The van der Waals surface area contributed by atoms with Crippen molar-refractivity contribution in [2.24, 2.45) is 5.92 Å². The Kier molecular flexibility index (Phi) is 4.26. The Bertz CT molecular complexity index is 430. The van der Waals surface area contributed by atoms with Crippen molar-refractivity contribution in [3.8, 4) is 5.75 Å². The number of hydrogen-bond donors (Lipinski definition) is 1. The molecular formula is C15H20ClNO2. The molecule has 4 heteroatoms. The van der Waals surface area contributed by atoms with Crippen LogP contribution in [-0.4, -0.2) is 19.4 Å². The molecule has 0 amide bonds. The summed E-state index contributed by atoms with van der Waals surface area (Å²) in [6.07, 6.45) is 5.15. The fraction of sp³-hybridized carbons (Fsp3) is 0.600. The van der Waals surface area contributed by atoms with Gasteiger partial charge in [0, 0.05) is 18.2 Å². The molecule has 2 saturated carbocycles. The van der Waals surface area contributed by atoms with Crippen molar-refractivity contribution in [3.05, 3.63) is 28.8 Å². The highest BCUT2D eigenvalue weighted by atomic mass is 35.5. The first-order valence-corrected chi connectivity index (χ1v) is 7.42. The van der Waals surface area contributed by atoms with Gasteiger partial charge in [-0.25, -0.2) is 0 Å². The van der Waals surface area contributed by atoms with Gasteiger partial charge in [0.1, 0.15) is 5.75 Å². The van der Waals surface area contributed by atoms with Crippen LogP contribution < -0.4 is 10.1 Å². The highest BCUT2D eigenvalue weighted by Gasteiger charge is 2.22. The Morgan fingerprint density at radius 2 is 2.05 bits per heavy atom. The van der Waals surface area contributed by atoms with Gasteiger partial charge in [0.2, 0.25) is 0 Å². The van der Waals surface area contributed by atoms with Crippen LogP contribution in [-0.2, 0) is 11.3 Å². The van der Waals surface area contributed by atoms with Crippen LogP contribution in [0.3, 0.4) is 0 Å². The summed E-state index contributed by atoms with van der Waals surface area (Å²) in [4.78, 5) is 0. The summed E-state index contributed by atoms with van der Waals surface area (Å²) in [5.74, 6) is 1.51. The maximum absolute atomic E-state index is 6.21. The van der Waals surface area contributed by atoms with E-state index in [2.05, 4.69) is 11.4 Å². The molecule has 104 valence electrons. The molecule has 3 nitrogen and oxygen atoms in total. The fourth-order valence-electron chi connectivity index (χ4n) is 2.00. The maximum atomic E-state index is 6.21. The first-order valence-electron chi connectivity index (χ1n) is 7.04. The smallest absolute Gasteiger partial charge is 0.189 e. The van der Waals surface area contributed by atoms with E-state index in [1.807, 2.05) is 12.1 Å². The van der Waals surface area contributed by atoms with Gasteiger partial charge in [0.05, 0.1) is 11.6 Å². The quantitative estimate of drug-likeness (QED) is 0.585. The Morgan fingerprint density at radius 1 is 1.21 bits per heavy atom. The largest absolute Gasteiger partial charge is 0.466 e. The lowest BCUT2D eigenvalue weighted by atomic mass is 10.2. The number of ether oxygens (including phenoxy) is 2. The summed E-state index contributed by atoms with van der Waals surface area (Å²) in [5, 5.41) is 4.14. The van der Waals surface area contributed by atoms with Gasteiger partial charge in [-0.05, 0) is 37.7 Å². The van der Waals surface area contributed by atoms with E-state index < -0.39 is 0 Å². The Morgan fingerprint density at radius 3 is 2.79 bits per heavy atom. The van der Waals surface area contributed by atoms with Gasteiger partial charge in [-0.3, -0.25) is 0 Å². The number of halogens is 1. The van der Waals surface area contributed by atoms with Crippen molar-refractivity contribution >= 4 is 11.6 Å². The highest BCUT2D eigenvalue weighted by Crippen LogP contribution is 2.31. The van der Waals surface area contributed by atoms with Crippen LogP contribution in [0.15, 0.2) is 18.2 Å². The van der Waals surface area contributed by atoms with Gasteiger partial charge < -0.3 is 14.8 Å². The molecule has 0 atom stereocenters. The molecule has 2 aliphatic carbocycles. The van der Waals surface area contributed by atoms with E-state index in [1.54, 1.807) is 0 Å². The zero-order valence-electron chi connectivity index (χ0n) is 11.0. The third-order valence-electron chi connectivity index (χ3n) is 3.54. The van der Waals surface area contributed by atoms with E-state index in [1.165, 1.54) is 25.7 Å². The molecule has 0 unspecified atom stereocenters. The number of para-hydroxylation sites is 1.